The molecule has 1 fully saturated rings. The number of piperazine rings is 1. The molecule has 3 aromatic carbocycles. The topological polar surface area (TPSA) is 54.9 Å². The number of amides is 1. The maximum Gasteiger partial charge on any atom is 0.410 e. The van der Waals surface area contributed by atoms with Crippen LogP contribution in [0.2, 0.25) is 0 Å². The van der Waals surface area contributed by atoms with Gasteiger partial charge in [0.2, 0.25) is 5.88 Å². The fourth-order valence-corrected chi connectivity index (χ4v) is 4.53. The average Bonchev–Trinajstić information content (AvgIpc) is 2.96. The highest BCUT2D eigenvalue weighted by molar-refractivity contribution is 5.72. The first-order chi connectivity index (χ1) is 19.0. The molecule has 0 bridgehead atoms. The van der Waals surface area contributed by atoms with Gasteiger partial charge in [-0.3, -0.25) is 0 Å². The SMILES string of the molecule is Cc1ccc(-c2cc(F)c(N3CCN(C(=O)OCc4ccccc4)CC3)c(F)c2)c(OCc2ccccc2)n1. The van der Waals surface area contributed by atoms with Crippen LogP contribution in [0.5, 0.6) is 5.88 Å². The van der Waals surface area contributed by atoms with Crippen molar-refractivity contribution in [3.05, 3.63) is 113 Å². The van der Waals surface area contributed by atoms with E-state index in [1.54, 1.807) is 21.9 Å². The molecule has 39 heavy (non-hydrogen) atoms. The highest BCUT2D eigenvalue weighted by Gasteiger charge is 2.27. The summed E-state index contributed by atoms with van der Waals surface area (Å²) in [6.45, 7) is 3.46. The largest absolute Gasteiger partial charge is 0.472 e. The Kier molecular flexibility index (Phi) is 8.01. The second-order valence-corrected chi connectivity index (χ2v) is 9.38. The van der Waals surface area contributed by atoms with Crippen molar-refractivity contribution in [2.24, 2.45) is 0 Å². The van der Waals surface area contributed by atoms with Crippen LogP contribution < -0.4 is 9.64 Å². The van der Waals surface area contributed by atoms with Crippen molar-refractivity contribution in [1.82, 2.24) is 9.88 Å². The number of pyridine rings is 1. The van der Waals surface area contributed by atoms with Crippen molar-refractivity contribution in [1.29, 1.82) is 0 Å². The summed E-state index contributed by atoms with van der Waals surface area (Å²) in [5, 5.41) is 0. The number of aryl methyl sites for hydroxylation is 1. The van der Waals surface area contributed by atoms with Crippen LogP contribution in [0, 0.1) is 18.6 Å². The molecule has 6 nitrogen and oxygen atoms in total. The van der Waals surface area contributed by atoms with Gasteiger partial charge in [0.1, 0.15) is 30.5 Å². The Balaban J connectivity index is 1.26. The number of aromatic nitrogens is 1. The predicted molar refractivity (Wildman–Crippen MR) is 146 cm³/mol. The van der Waals surface area contributed by atoms with Gasteiger partial charge >= 0.3 is 6.09 Å². The second-order valence-electron chi connectivity index (χ2n) is 9.38. The lowest BCUT2D eigenvalue weighted by molar-refractivity contribution is 0.0941. The van der Waals surface area contributed by atoms with Gasteiger partial charge in [0.05, 0.1) is 0 Å². The van der Waals surface area contributed by atoms with E-state index in [0.717, 1.165) is 16.8 Å². The summed E-state index contributed by atoms with van der Waals surface area (Å²) in [5.74, 6) is -1.05. The molecule has 1 aliphatic rings. The zero-order valence-electron chi connectivity index (χ0n) is 21.6. The molecule has 4 aromatic rings. The first-order valence-corrected chi connectivity index (χ1v) is 12.8. The molecule has 5 rings (SSSR count). The molecule has 0 spiro atoms. The standard InChI is InChI=1S/C31H29F2N3O3/c1-22-12-13-26(30(34-22)38-20-23-8-4-2-5-9-23)25-18-27(32)29(28(33)19-25)35-14-16-36(17-15-35)31(37)39-21-24-10-6-3-7-11-24/h2-13,18-19H,14-17,20-21H2,1H3. The molecule has 1 aliphatic heterocycles. The minimum Gasteiger partial charge on any atom is -0.472 e. The summed E-state index contributed by atoms with van der Waals surface area (Å²) >= 11 is 0. The molecule has 200 valence electrons. The Morgan fingerprint density at radius 1 is 0.821 bits per heavy atom. The van der Waals surface area contributed by atoms with E-state index in [1.807, 2.05) is 67.6 Å². The number of hydrogen-bond donors (Lipinski definition) is 0. The van der Waals surface area contributed by atoms with Crippen molar-refractivity contribution in [2.45, 2.75) is 20.1 Å². The third-order valence-electron chi connectivity index (χ3n) is 6.61. The lowest BCUT2D eigenvalue weighted by atomic mass is 10.0. The molecule has 0 saturated carbocycles. The molecule has 1 aromatic heterocycles. The number of carbonyl (C=O) groups excluding carboxylic acids is 1. The molecule has 1 saturated heterocycles. The van der Waals surface area contributed by atoms with Crippen molar-refractivity contribution in [3.8, 4) is 17.0 Å². The molecule has 2 heterocycles. The van der Waals surface area contributed by atoms with Gasteiger partial charge in [-0.25, -0.2) is 18.6 Å². The smallest absolute Gasteiger partial charge is 0.410 e. The number of carbonyl (C=O) groups is 1. The predicted octanol–water partition coefficient (Wildman–Crippen LogP) is 6.37. The number of hydrogen-bond acceptors (Lipinski definition) is 5. The summed E-state index contributed by atoms with van der Waals surface area (Å²) in [4.78, 5) is 20.1. The number of anilines is 1. The second kappa shape index (κ2) is 11.9. The summed E-state index contributed by atoms with van der Waals surface area (Å²) in [6, 6.07) is 25.2. The van der Waals surface area contributed by atoms with Gasteiger partial charge in [0, 0.05) is 37.4 Å². The van der Waals surface area contributed by atoms with Crippen molar-refractivity contribution in [2.75, 3.05) is 31.1 Å². The highest BCUT2D eigenvalue weighted by Crippen LogP contribution is 2.34. The van der Waals surface area contributed by atoms with Crippen LogP contribution in [0.15, 0.2) is 84.9 Å². The van der Waals surface area contributed by atoms with E-state index in [-0.39, 0.29) is 32.0 Å². The van der Waals surface area contributed by atoms with E-state index in [1.165, 1.54) is 12.1 Å². The molecule has 1 amide bonds. The Morgan fingerprint density at radius 3 is 2.03 bits per heavy atom. The first-order valence-electron chi connectivity index (χ1n) is 12.8. The maximum absolute atomic E-state index is 15.4. The molecule has 0 N–H and O–H groups in total. The van der Waals surface area contributed by atoms with Gasteiger partial charge < -0.3 is 19.3 Å². The number of ether oxygens (including phenoxy) is 2. The van der Waals surface area contributed by atoms with Gasteiger partial charge in [-0.05, 0) is 47.9 Å². The molecule has 0 unspecified atom stereocenters. The van der Waals surface area contributed by atoms with Crippen LogP contribution in [0.25, 0.3) is 11.1 Å². The minimum atomic E-state index is -0.681. The highest BCUT2D eigenvalue weighted by atomic mass is 19.1. The number of rotatable bonds is 7. The number of nitrogens with zero attached hydrogens (tertiary/aromatic N) is 3. The molecule has 0 atom stereocenters. The quantitative estimate of drug-likeness (QED) is 0.278. The van der Waals surface area contributed by atoms with Crippen molar-refractivity contribution >= 4 is 11.8 Å². The van der Waals surface area contributed by atoms with E-state index in [0.29, 0.717) is 30.1 Å². The summed E-state index contributed by atoms with van der Waals surface area (Å²) in [6.07, 6.45) is -0.440. The monoisotopic (exact) mass is 529 g/mol. The molecular formula is C31H29F2N3O3. The van der Waals surface area contributed by atoms with Crippen LogP contribution in [0.3, 0.4) is 0 Å². The maximum atomic E-state index is 15.4. The first kappa shape index (κ1) is 26.2. The van der Waals surface area contributed by atoms with E-state index in [4.69, 9.17) is 9.47 Å². The normalized spacial score (nSPS) is 13.3. The zero-order valence-corrected chi connectivity index (χ0v) is 21.6. The van der Waals surface area contributed by atoms with Crippen LogP contribution >= 0.6 is 0 Å². The number of benzene rings is 3. The van der Waals surface area contributed by atoms with Gasteiger partial charge in [-0.1, -0.05) is 60.7 Å². The molecule has 8 heteroatoms. The van der Waals surface area contributed by atoms with E-state index in [2.05, 4.69) is 4.98 Å². The average molecular weight is 530 g/mol. The molecular weight excluding hydrogens is 500 g/mol. The van der Waals surface area contributed by atoms with Gasteiger partial charge in [-0.15, -0.1) is 0 Å². The van der Waals surface area contributed by atoms with Crippen molar-refractivity contribution in [3.63, 3.8) is 0 Å². The fourth-order valence-electron chi connectivity index (χ4n) is 4.53. The van der Waals surface area contributed by atoms with Gasteiger partial charge in [0.15, 0.2) is 0 Å². The van der Waals surface area contributed by atoms with E-state index < -0.39 is 17.7 Å². The Morgan fingerprint density at radius 2 is 1.41 bits per heavy atom. The van der Waals surface area contributed by atoms with Crippen molar-refractivity contribution < 1.29 is 23.0 Å². The van der Waals surface area contributed by atoms with Crippen LogP contribution in [0.4, 0.5) is 19.3 Å². The zero-order chi connectivity index (χ0) is 27.2. The number of halogens is 2. The van der Waals surface area contributed by atoms with Crippen LogP contribution in [0.1, 0.15) is 16.8 Å². The van der Waals surface area contributed by atoms with E-state index >= 15 is 8.78 Å². The third kappa shape index (κ3) is 6.34. The molecule has 0 radical (unpaired) electrons. The molecule has 0 aliphatic carbocycles. The lowest BCUT2D eigenvalue weighted by Crippen LogP contribution is -2.49. The summed E-state index contributed by atoms with van der Waals surface area (Å²) < 4.78 is 42.1. The van der Waals surface area contributed by atoms with Crippen LogP contribution in [-0.2, 0) is 18.0 Å². The third-order valence-corrected chi connectivity index (χ3v) is 6.61. The Bertz CT molecular complexity index is 1400. The van der Waals surface area contributed by atoms with Gasteiger partial charge in [-0.2, -0.15) is 0 Å². The summed E-state index contributed by atoms with van der Waals surface area (Å²) in [7, 11) is 0. The Hall–Kier alpha value is -4.46. The summed E-state index contributed by atoms with van der Waals surface area (Å²) in [5.41, 5.74) is 3.33. The minimum absolute atomic E-state index is 0.108. The van der Waals surface area contributed by atoms with Gasteiger partial charge in [0.25, 0.3) is 0 Å². The fraction of sp³-hybridized carbons (Fsp3) is 0.226. The van der Waals surface area contributed by atoms with Crippen LogP contribution in [-0.4, -0.2) is 42.2 Å². The Labute approximate surface area is 226 Å². The van der Waals surface area contributed by atoms with E-state index in [9.17, 15) is 4.79 Å². The lowest BCUT2D eigenvalue weighted by Gasteiger charge is -2.35.